The number of rotatable bonds is 4. The van der Waals surface area contributed by atoms with Crippen molar-refractivity contribution in [1.29, 1.82) is 0 Å². The number of nitrogens with one attached hydrogen (secondary N) is 1. The minimum Gasteiger partial charge on any atom is -0.493 e. The van der Waals surface area contributed by atoms with E-state index in [1.807, 2.05) is 7.05 Å². The highest BCUT2D eigenvalue weighted by Gasteiger charge is 2.29. The third kappa shape index (κ3) is 2.47. The molecule has 0 saturated carbocycles. The van der Waals surface area contributed by atoms with Crippen molar-refractivity contribution in [3.05, 3.63) is 29.3 Å². The highest BCUT2D eigenvalue weighted by molar-refractivity contribution is 5.47. The molecule has 0 spiro atoms. The van der Waals surface area contributed by atoms with Crippen LogP contribution in [0.3, 0.4) is 0 Å². The molecule has 0 bridgehead atoms. The molecule has 1 unspecified atom stereocenters. The van der Waals surface area contributed by atoms with Crippen LogP contribution in [0.4, 0.5) is 0 Å². The molecule has 1 aliphatic heterocycles. The molecule has 0 aliphatic carbocycles. The molecule has 2 rings (SSSR count). The van der Waals surface area contributed by atoms with E-state index in [-0.39, 0.29) is 5.41 Å². The fourth-order valence-corrected chi connectivity index (χ4v) is 2.73. The highest BCUT2D eigenvalue weighted by atomic mass is 16.5. The van der Waals surface area contributed by atoms with Gasteiger partial charge in [0, 0.05) is 18.0 Å². The van der Waals surface area contributed by atoms with E-state index in [2.05, 4.69) is 44.3 Å². The molecule has 1 aromatic carbocycles. The van der Waals surface area contributed by atoms with E-state index in [4.69, 9.17) is 4.74 Å². The monoisotopic (exact) mass is 233 g/mol. The number of hydrogen-bond donors (Lipinski definition) is 1. The van der Waals surface area contributed by atoms with E-state index in [1.54, 1.807) is 0 Å². The van der Waals surface area contributed by atoms with Crippen LogP contribution in [-0.2, 0) is 11.8 Å². The van der Waals surface area contributed by atoms with Gasteiger partial charge in [0.1, 0.15) is 5.75 Å². The van der Waals surface area contributed by atoms with Gasteiger partial charge in [-0.25, -0.2) is 0 Å². The zero-order valence-electron chi connectivity index (χ0n) is 11.3. The second-order valence-electron chi connectivity index (χ2n) is 5.67. The van der Waals surface area contributed by atoms with Gasteiger partial charge in [0.25, 0.3) is 0 Å². The van der Waals surface area contributed by atoms with Crippen LogP contribution in [0.2, 0.25) is 0 Å². The van der Waals surface area contributed by atoms with Gasteiger partial charge in [-0.2, -0.15) is 0 Å². The minimum atomic E-state index is 0.151. The summed E-state index contributed by atoms with van der Waals surface area (Å²) in [5.74, 6) is 1.14. The highest BCUT2D eigenvalue weighted by Crippen LogP contribution is 2.39. The lowest BCUT2D eigenvalue weighted by Crippen LogP contribution is -2.31. The van der Waals surface area contributed by atoms with Crippen LogP contribution >= 0.6 is 0 Å². The molecule has 1 heterocycles. The Morgan fingerprint density at radius 2 is 2.18 bits per heavy atom. The first-order valence-electron chi connectivity index (χ1n) is 6.47. The average molecular weight is 233 g/mol. The first kappa shape index (κ1) is 12.4. The Morgan fingerprint density at radius 1 is 1.41 bits per heavy atom. The molecule has 1 atom stereocenters. The van der Waals surface area contributed by atoms with Gasteiger partial charge in [0.2, 0.25) is 0 Å². The summed E-state index contributed by atoms with van der Waals surface area (Å²) in [6.45, 7) is 7.67. The van der Waals surface area contributed by atoms with Crippen molar-refractivity contribution >= 4 is 0 Å². The number of fused-ring (bicyclic) bond motifs is 1. The van der Waals surface area contributed by atoms with Gasteiger partial charge in [-0.15, -0.1) is 0 Å². The molecular formula is C15H23NO. The van der Waals surface area contributed by atoms with Crippen molar-refractivity contribution in [2.45, 2.75) is 45.1 Å². The average Bonchev–Trinajstić information content (AvgIpc) is 2.75. The number of ether oxygens (including phenoxy) is 1. The van der Waals surface area contributed by atoms with E-state index in [0.29, 0.717) is 6.04 Å². The molecule has 0 radical (unpaired) electrons. The van der Waals surface area contributed by atoms with E-state index in [1.165, 1.54) is 11.1 Å². The zero-order valence-corrected chi connectivity index (χ0v) is 11.3. The Morgan fingerprint density at radius 3 is 2.88 bits per heavy atom. The van der Waals surface area contributed by atoms with Crippen LogP contribution in [0.25, 0.3) is 0 Å². The SMILES string of the molecule is CNC(C)CC(C)(C)c1cccc2c1OCC2. The van der Waals surface area contributed by atoms with E-state index in [9.17, 15) is 0 Å². The summed E-state index contributed by atoms with van der Waals surface area (Å²) in [5.41, 5.74) is 2.88. The fraction of sp³-hybridized carbons (Fsp3) is 0.600. The van der Waals surface area contributed by atoms with Gasteiger partial charge in [0.15, 0.2) is 0 Å². The molecule has 0 aromatic heterocycles. The summed E-state index contributed by atoms with van der Waals surface area (Å²) in [6.07, 6.45) is 2.17. The van der Waals surface area contributed by atoms with Crippen LogP contribution in [0.5, 0.6) is 5.75 Å². The van der Waals surface area contributed by atoms with Gasteiger partial charge >= 0.3 is 0 Å². The Balaban J connectivity index is 2.30. The topological polar surface area (TPSA) is 21.3 Å². The number of hydrogen-bond acceptors (Lipinski definition) is 2. The molecule has 2 heteroatoms. The molecule has 17 heavy (non-hydrogen) atoms. The van der Waals surface area contributed by atoms with Crippen molar-refractivity contribution in [3.63, 3.8) is 0 Å². The fourth-order valence-electron chi connectivity index (χ4n) is 2.73. The largest absolute Gasteiger partial charge is 0.493 e. The minimum absolute atomic E-state index is 0.151. The van der Waals surface area contributed by atoms with Crippen molar-refractivity contribution < 1.29 is 4.74 Å². The third-order valence-electron chi connectivity index (χ3n) is 3.75. The molecule has 0 fully saturated rings. The molecule has 2 nitrogen and oxygen atoms in total. The van der Waals surface area contributed by atoms with Crippen LogP contribution in [0, 0.1) is 0 Å². The van der Waals surface area contributed by atoms with Gasteiger partial charge in [-0.3, -0.25) is 0 Å². The molecular weight excluding hydrogens is 210 g/mol. The maximum absolute atomic E-state index is 5.81. The molecule has 0 amide bonds. The summed E-state index contributed by atoms with van der Waals surface area (Å²) >= 11 is 0. The maximum Gasteiger partial charge on any atom is 0.126 e. The molecule has 1 aliphatic rings. The zero-order chi connectivity index (χ0) is 12.5. The maximum atomic E-state index is 5.81. The predicted molar refractivity (Wildman–Crippen MR) is 71.8 cm³/mol. The normalized spacial score (nSPS) is 16.5. The van der Waals surface area contributed by atoms with Gasteiger partial charge < -0.3 is 10.1 Å². The van der Waals surface area contributed by atoms with Crippen LogP contribution in [0.1, 0.15) is 38.3 Å². The summed E-state index contributed by atoms with van der Waals surface area (Å²) in [5, 5.41) is 3.32. The van der Waals surface area contributed by atoms with Crippen LogP contribution in [-0.4, -0.2) is 19.7 Å². The lowest BCUT2D eigenvalue weighted by atomic mass is 9.78. The van der Waals surface area contributed by atoms with E-state index in [0.717, 1.165) is 25.2 Å². The van der Waals surface area contributed by atoms with E-state index < -0.39 is 0 Å². The van der Waals surface area contributed by atoms with Crippen molar-refractivity contribution in [2.75, 3.05) is 13.7 Å². The molecule has 1 N–H and O–H groups in total. The van der Waals surface area contributed by atoms with Gasteiger partial charge in [-0.1, -0.05) is 32.0 Å². The predicted octanol–water partition coefficient (Wildman–Crippen LogP) is 2.90. The van der Waals surface area contributed by atoms with Crippen LogP contribution < -0.4 is 10.1 Å². The smallest absolute Gasteiger partial charge is 0.126 e. The lowest BCUT2D eigenvalue weighted by Gasteiger charge is -2.30. The van der Waals surface area contributed by atoms with E-state index >= 15 is 0 Å². The number of benzene rings is 1. The van der Waals surface area contributed by atoms with Gasteiger partial charge in [-0.05, 0) is 31.4 Å². The van der Waals surface area contributed by atoms with Crippen molar-refractivity contribution in [1.82, 2.24) is 5.32 Å². The Kier molecular flexibility index (Phi) is 3.43. The quantitative estimate of drug-likeness (QED) is 0.863. The Hall–Kier alpha value is -1.02. The molecule has 1 aromatic rings. The standard InChI is InChI=1S/C15H23NO/c1-11(16-4)10-15(2,3)13-7-5-6-12-8-9-17-14(12)13/h5-7,11,16H,8-10H2,1-4H3. The summed E-state index contributed by atoms with van der Waals surface area (Å²) in [4.78, 5) is 0. The van der Waals surface area contributed by atoms with Crippen LogP contribution in [0.15, 0.2) is 18.2 Å². The molecule has 94 valence electrons. The Labute approximate surface area is 104 Å². The second-order valence-corrected chi connectivity index (χ2v) is 5.67. The summed E-state index contributed by atoms with van der Waals surface area (Å²) < 4.78 is 5.81. The first-order chi connectivity index (χ1) is 8.04. The number of para-hydroxylation sites is 1. The van der Waals surface area contributed by atoms with Gasteiger partial charge in [0.05, 0.1) is 6.61 Å². The summed E-state index contributed by atoms with van der Waals surface area (Å²) in [7, 11) is 2.02. The van der Waals surface area contributed by atoms with Crippen molar-refractivity contribution in [3.8, 4) is 5.75 Å². The third-order valence-corrected chi connectivity index (χ3v) is 3.75. The summed E-state index contributed by atoms with van der Waals surface area (Å²) in [6, 6.07) is 7.08. The lowest BCUT2D eigenvalue weighted by molar-refractivity contribution is 0.335. The first-order valence-corrected chi connectivity index (χ1v) is 6.47. The second kappa shape index (κ2) is 4.69. The van der Waals surface area contributed by atoms with Crippen molar-refractivity contribution in [2.24, 2.45) is 0 Å². The Bertz CT molecular complexity index is 398. The molecule has 0 saturated heterocycles.